The molecule has 106 valence electrons. The van der Waals surface area contributed by atoms with Gasteiger partial charge < -0.3 is 5.73 Å². The molecule has 1 aromatic carbocycles. The molecular formula is C15H22BrClN2. The maximum absolute atomic E-state index is 6.31. The summed E-state index contributed by atoms with van der Waals surface area (Å²) < 4.78 is 1.03. The molecule has 2 unspecified atom stereocenters. The average Bonchev–Trinajstić information content (AvgIpc) is 2.42. The molecule has 19 heavy (non-hydrogen) atoms. The zero-order valence-electron chi connectivity index (χ0n) is 11.4. The van der Waals surface area contributed by atoms with Crippen LogP contribution >= 0.6 is 27.5 Å². The van der Waals surface area contributed by atoms with Crippen LogP contribution in [0.3, 0.4) is 0 Å². The van der Waals surface area contributed by atoms with Crippen LogP contribution in [0, 0.1) is 5.92 Å². The number of hydrogen-bond donors (Lipinski definition) is 1. The molecule has 1 saturated heterocycles. The maximum Gasteiger partial charge on any atom is 0.0462 e. The maximum atomic E-state index is 6.31. The van der Waals surface area contributed by atoms with Gasteiger partial charge in [-0.3, -0.25) is 4.90 Å². The number of nitrogens with two attached hydrogens (primary N) is 1. The SMILES string of the molecule is CCC1CCN(Cc2ccc(Br)cc2Cl)C(CN)C1. The molecule has 2 N–H and O–H groups in total. The van der Waals surface area contributed by atoms with Crippen LogP contribution in [0.5, 0.6) is 0 Å². The van der Waals surface area contributed by atoms with Crippen LogP contribution in [-0.4, -0.2) is 24.0 Å². The van der Waals surface area contributed by atoms with E-state index in [9.17, 15) is 0 Å². The minimum atomic E-state index is 0.499. The molecule has 0 bridgehead atoms. The third kappa shape index (κ3) is 3.94. The normalized spacial score (nSPS) is 24.6. The van der Waals surface area contributed by atoms with E-state index in [0.717, 1.165) is 35.0 Å². The summed E-state index contributed by atoms with van der Waals surface area (Å²) >= 11 is 9.75. The molecule has 1 heterocycles. The van der Waals surface area contributed by atoms with E-state index in [-0.39, 0.29) is 0 Å². The quantitative estimate of drug-likeness (QED) is 0.892. The second kappa shape index (κ2) is 7.07. The Bertz CT molecular complexity index is 425. The Kier molecular flexibility index (Phi) is 5.70. The van der Waals surface area contributed by atoms with E-state index >= 15 is 0 Å². The first-order valence-corrected chi connectivity index (χ1v) is 8.19. The number of nitrogens with zero attached hydrogens (tertiary/aromatic N) is 1. The molecule has 0 aromatic heterocycles. The van der Waals surface area contributed by atoms with Crippen molar-refractivity contribution in [2.75, 3.05) is 13.1 Å². The molecule has 1 aliphatic rings. The van der Waals surface area contributed by atoms with Crippen molar-refractivity contribution in [2.24, 2.45) is 11.7 Å². The van der Waals surface area contributed by atoms with Crippen molar-refractivity contribution >= 4 is 27.5 Å². The zero-order chi connectivity index (χ0) is 13.8. The molecule has 2 atom stereocenters. The largest absolute Gasteiger partial charge is 0.329 e. The second-order valence-electron chi connectivity index (χ2n) is 5.39. The number of likely N-dealkylation sites (tertiary alicyclic amines) is 1. The fraction of sp³-hybridized carbons (Fsp3) is 0.600. The summed E-state index contributed by atoms with van der Waals surface area (Å²) in [6, 6.07) is 6.62. The Hall–Kier alpha value is -0.0900. The van der Waals surface area contributed by atoms with Crippen molar-refractivity contribution in [2.45, 2.75) is 38.8 Å². The Morgan fingerprint density at radius 1 is 1.47 bits per heavy atom. The Balaban J connectivity index is 2.05. The van der Waals surface area contributed by atoms with Gasteiger partial charge >= 0.3 is 0 Å². The van der Waals surface area contributed by atoms with Gasteiger partial charge in [0.2, 0.25) is 0 Å². The van der Waals surface area contributed by atoms with Crippen LogP contribution in [0.15, 0.2) is 22.7 Å². The van der Waals surface area contributed by atoms with Crippen molar-refractivity contribution in [1.29, 1.82) is 0 Å². The van der Waals surface area contributed by atoms with Crippen molar-refractivity contribution in [1.82, 2.24) is 4.90 Å². The van der Waals surface area contributed by atoms with Gasteiger partial charge in [-0.05, 0) is 43.0 Å². The lowest BCUT2D eigenvalue weighted by Crippen LogP contribution is -2.46. The summed E-state index contributed by atoms with van der Waals surface area (Å²) in [4.78, 5) is 2.49. The van der Waals surface area contributed by atoms with Gasteiger partial charge in [-0.15, -0.1) is 0 Å². The number of piperidine rings is 1. The van der Waals surface area contributed by atoms with E-state index in [4.69, 9.17) is 17.3 Å². The van der Waals surface area contributed by atoms with Gasteiger partial charge in [0, 0.05) is 28.6 Å². The first kappa shape index (κ1) is 15.3. The predicted octanol–water partition coefficient (Wildman–Crippen LogP) is 4.05. The first-order valence-electron chi connectivity index (χ1n) is 7.02. The van der Waals surface area contributed by atoms with Gasteiger partial charge in [0.05, 0.1) is 0 Å². The fourth-order valence-corrected chi connectivity index (χ4v) is 3.61. The number of rotatable bonds is 4. The van der Waals surface area contributed by atoms with Gasteiger partial charge in [-0.2, -0.15) is 0 Å². The van der Waals surface area contributed by atoms with Crippen LogP contribution in [0.2, 0.25) is 5.02 Å². The van der Waals surface area contributed by atoms with Crippen molar-refractivity contribution in [3.63, 3.8) is 0 Å². The van der Waals surface area contributed by atoms with E-state index in [0.29, 0.717) is 6.04 Å². The molecule has 1 aliphatic heterocycles. The third-order valence-corrected chi connectivity index (χ3v) is 5.03. The molecule has 4 heteroatoms. The lowest BCUT2D eigenvalue weighted by atomic mass is 9.88. The minimum absolute atomic E-state index is 0.499. The van der Waals surface area contributed by atoms with E-state index in [1.54, 1.807) is 0 Å². The van der Waals surface area contributed by atoms with E-state index in [1.807, 2.05) is 6.07 Å². The number of halogens is 2. The molecular weight excluding hydrogens is 324 g/mol. The summed E-state index contributed by atoms with van der Waals surface area (Å²) in [7, 11) is 0. The van der Waals surface area contributed by atoms with E-state index in [2.05, 4.69) is 39.9 Å². The highest BCUT2D eigenvalue weighted by Crippen LogP contribution is 2.28. The minimum Gasteiger partial charge on any atom is -0.329 e. The summed E-state index contributed by atoms with van der Waals surface area (Å²) in [6.07, 6.45) is 3.77. The van der Waals surface area contributed by atoms with E-state index < -0.39 is 0 Å². The van der Waals surface area contributed by atoms with Crippen LogP contribution in [0.4, 0.5) is 0 Å². The Morgan fingerprint density at radius 2 is 2.26 bits per heavy atom. The monoisotopic (exact) mass is 344 g/mol. The summed E-state index contributed by atoms with van der Waals surface area (Å²) in [6.45, 7) is 5.06. The molecule has 0 spiro atoms. The lowest BCUT2D eigenvalue weighted by Gasteiger charge is -2.39. The summed E-state index contributed by atoms with van der Waals surface area (Å²) in [5.41, 5.74) is 7.14. The van der Waals surface area contributed by atoms with Crippen LogP contribution in [0.1, 0.15) is 31.7 Å². The molecule has 0 aliphatic carbocycles. The molecule has 1 aromatic rings. The smallest absolute Gasteiger partial charge is 0.0462 e. The Labute approximate surface area is 129 Å². The highest BCUT2D eigenvalue weighted by Gasteiger charge is 2.26. The van der Waals surface area contributed by atoms with Crippen molar-refractivity contribution < 1.29 is 0 Å². The van der Waals surface area contributed by atoms with Crippen LogP contribution in [0.25, 0.3) is 0 Å². The van der Waals surface area contributed by atoms with Crippen molar-refractivity contribution in [3.05, 3.63) is 33.3 Å². The zero-order valence-corrected chi connectivity index (χ0v) is 13.8. The topological polar surface area (TPSA) is 29.3 Å². The van der Waals surface area contributed by atoms with Crippen LogP contribution in [-0.2, 0) is 6.54 Å². The molecule has 0 radical (unpaired) electrons. The summed E-state index contributed by atoms with van der Waals surface area (Å²) in [5.74, 6) is 0.838. The third-order valence-electron chi connectivity index (χ3n) is 4.18. The second-order valence-corrected chi connectivity index (χ2v) is 6.72. The highest BCUT2D eigenvalue weighted by atomic mass is 79.9. The summed E-state index contributed by atoms with van der Waals surface area (Å²) in [5, 5.41) is 0.836. The fourth-order valence-electron chi connectivity index (χ4n) is 2.88. The van der Waals surface area contributed by atoms with Gasteiger partial charge in [0.25, 0.3) is 0 Å². The molecule has 1 fully saturated rings. The van der Waals surface area contributed by atoms with Gasteiger partial charge in [0.1, 0.15) is 0 Å². The molecule has 2 rings (SSSR count). The van der Waals surface area contributed by atoms with E-state index in [1.165, 1.54) is 24.8 Å². The molecule has 0 amide bonds. The first-order chi connectivity index (χ1) is 9.13. The Morgan fingerprint density at radius 3 is 2.89 bits per heavy atom. The molecule has 0 saturated carbocycles. The standard InChI is InChI=1S/C15H22BrClN2/c1-2-11-5-6-19(14(7-11)9-18)10-12-3-4-13(16)8-15(12)17/h3-4,8,11,14H,2,5-7,9-10,18H2,1H3. The van der Waals surface area contributed by atoms with Crippen LogP contribution < -0.4 is 5.73 Å². The number of benzene rings is 1. The van der Waals surface area contributed by atoms with Crippen molar-refractivity contribution in [3.8, 4) is 0 Å². The van der Waals surface area contributed by atoms with Gasteiger partial charge in [-0.1, -0.05) is 46.9 Å². The van der Waals surface area contributed by atoms with Gasteiger partial charge in [-0.25, -0.2) is 0 Å². The van der Waals surface area contributed by atoms with Gasteiger partial charge in [0.15, 0.2) is 0 Å². The number of hydrogen-bond acceptors (Lipinski definition) is 2. The highest BCUT2D eigenvalue weighted by molar-refractivity contribution is 9.10. The predicted molar refractivity (Wildman–Crippen MR) is 85.4 cm³/mol. The average molecular weight is 346 g/mol. The molecule has 2 nitrogen and oxygen atoms in total. The lowest BCUT2D eigenvalue weighted by molar-refractivity contribution is 0.107.